The quantitative estimate of drug-likeness (QED) is 0.836. The van der Waals surface area contributed by atoms with Gasteiger partial charge in [0.2, 0.25) is 0 Å². The van der Waals surface area contributed by atoms with Crippen molar-refractivity contribution in [3.05, 3.63) is 71.8 Å². The molecule has 0 saturated heterocycles. The maximum Gasteiger partial charge on any atom is 0.338 e. The molecule has 0 aromatic heterocycles. The number of rotatable bonds is 5. The molecule has 0 aliphatic carbocycles. The van der Waals surface area contributed by atoms with Gasteiger partial charge >= 0.3 is 5.97 Å². The first kappa shape index (κ1) is 13.3. The third kappa shape index (κ3) is 3.66. The van der Waals surface area contributed by atoms with Crippen molar-refractivity contribution in [1.29, 1.82) is 0 Å². The molecular weight excluding hydrogens is 240 g/mol. The average Bonchev–Trinajstić information content (AvgIpc) is 2.49. The number of benzene rings is 2. The van der Waals surface area contributed by atoms with Gasteiger partial charge in [-0.25, -0.2) is 4.79 Å². The van der Waals surface area contributed by atoms with Crippen LogP contribution in [0.2, 0.25) is 0 Å². The van der Waals surface area contributed by atoms with Crippen LogP contribution in [0.3, 0.4) is 0 Å². The maximum absolute atomic E-state index is 11.8. The predicted molar refractivity (Wildman–Crippen MR) is 73.0 cm³/mol. The molecule has 0 spiro atoms. The molecule has 0 bridgehead atoms. The third-order valence-electron chi connectivity index (χ3n) is 2.92. The standard InChI is InChI=1S/C16H16O3/c17-11-15(13-7-3-1-4-8-13)12-19-16(18)14-9-5-2-6-10-14/h1-10,15,17H,11-12H2/t15-/m1/s1. The zero-order valence-corrected chi connectivity index (χ0v) is 10.5. The van der Waals surface area contributed by atoms with Gasteiger partial charge in [-0.2, -0.15) is 0 Å². The fraction of sp³-hybridized carbons (Fsp3) is 0.188. The Morgan fingerprint density at radius 1 is 1.00 bits per heavy atom. The predicted octanol–water partition coefficient (Wildman–Crippen LogP) is 2.62. The van der Waals surface area contributed by atoms with Crippen LogP contribution in [0.15, 0.2) is 60.7 Å². The molecule has 3 heteroatoms. The summed E-state index contributed by atoms with van der Waals surface area (Å²) in [6.45, 7) is 0.125. The van der Waals surface area contributed by atoms with Crippen LogP contribution in [0.1, 0.15) is 21.8 Å². The molecule has 1 N–H and O–H groups in total. The summed E-state index contributed by atoms with van der Waals surface area (Å²) < 4.78 is 5.24. The number of hydrogen-bond acceptors (Lipinski definition) is 3. The van der Waals surface area contributed by atoms with Crippen LogP contribution in [-0.4, -0.2) is 24.3 Å². The number of esters is 1. The second-order valence-corrected chi connectivity index (χ2v) is 4.25. The topological polar surface area (TPSA) is 46.5 Å². The number of carbonyl (C=O) groups is 1. The molecule has 0 heterocycles. The van der Waals surface area contributed by atoms with Crippen LogP contribution >= 0.6 is 0 Å². The van der Waals surface area contributed by atoms with Gasteiger partial charge in [-0.15, -0.1) is 0 Å². The smallest absolute Gasteiger partial charge is 0.338 e. The SMILES string of the molecule is O=C(OC[C@@H](CO)c1ccccc1)c1ccccc1. The highest BCUT2D eigenvalue weighted by molar-refractivity contribution is 5.89. The zero-order valence-electron chi connectivity index (χ0n) is 10.5. The first-order valence-corrected chi connectivity index (χ1v) is 6.19. The third-order valence-corrected chi connectivity index (χ3v) is 2.92. The Hall–Kier alpha value is -2.13. The lowest BCUT2D eigenvalue weighted by Gasteiger charge is -2.14. The van der Waals surface area contributed by atoms with Gasteiger partial charge in [-0.1, -0.05) is 48.5 Å². The normalized spacial score (nSPS) is 11.8. The van der Waals surface area contributed by atoms with Gasteiger partial charge < -0.3 is 9.84 Å². The highest BCUT2D eigenvalue weighted by Gasteiger charge is 2.14. The summed E-state index contributed by atoms with van der Waals surface area (Å²) in [7, 11) is 0. The van der Waals surface area contributed by atoms with E-state index in [0.717, 1.165) is 5.56 Å². The Labute approximate surface area is 112 Å². The van der Waals surface area contributed by atoms with Crippen LogP contribution in [-0.2, 0) is 4.74 Å². The molecule has 0 amide bonds. The van der Waals surface area contributed by atoms with Crippen molar-refractivity contribution in [2.45, 2.75) is 5.92 Å². The number of ether oxygens (including phenoxy) is 1. The summed E-state index contributed by atoms with van der Waals surface area (Å²) in [6, 6.07) is 18.4. The zero-order chi connectivity index (χ0) is 13.5. The van der Waals surface area contributed by atoms with Gasteiger partial charge in [-0.05, 0) is 17.7 Å². The molecule has 1 atom stereocenters. The van der Waals surface area contributed by atoms with Gasteiger partial charge in [0.1, 0.15) is 6.61 Å². The fourth-order valence-electron chi connectivity index (χ4n) is 1.81. The van der Waals surface area contributed by atoms with Crippen LogP contribution in [0.5, 0.6) is 0 Å². The van der Waals surface area contributed by atoms with E-state index in [2.05, 4.69) is 0 Å². The summed E-state index contributed by atoms with van der Waals surface area (Å²) >= 11 is 0. The Balaban J connectivity index is 1.96. The Morgan fingerprint density at radius 3 is 2.16 bits per heavy atom. The molecule has 0 aliphatic rings. The second kappa shape index (κ2) is 6.71. The average molecular weight is 256 g/mol. The van der Waals surface area contributed by atoms with Gasteiger partial charge in [0.15, 0.2) is 0 Å². The molecule has 19 heavy (non-hydrogen) atoms. The van der Waals surface area contributed by atoms with Crippen LogP contribution in [0.4, 0.5) is 0 Å². The Kier molecular flexibility index (Phi) is 4.70. The molecule has 98 valence electrons. The van der Waals surface area contributed by atoms with Crippen molar-refractivity contribution in [3.63, 3.8) is 0 Å². The van der Waals surface area contributed by atoms with Crippen molar-refractivity contribution in [1.82, 2.24) is 0 Å². The van der Waals surface area contributed by atoms with Crippen molar-refractivity contribution < 1.29 is 14.6 Å². The molecule has 2 aromatic carbocycles. The second-order valence-electron chi connectivity index (χ2n) is 4.25. The van der Waals surface area contributed by atoms with Crippen LogP contribution < -0.4 is 0 Å². The summed E-state index contributed by atoms with van der Waals surface area (Å²) in [5.74, 6) is -0.552. The highest BCUT2D eigenvalue weighted by atomic mass is 16.5. The minimum atomic E-state index is -0.366. The molecule has 2 aromatic rings. The lowest BCUT2D eigenvalue weighted by Crippen LogP contribution is -2.15. The maximum atomic E-state index is 11.8. The Bertz CT molecular complexity index is 508. The lowest BCUT2D eigenvalue weighted by molar-refractivity contribution is 0.0450. The number of aliphatic hydroxyl groups excluding tert-OH is 1. The van der Waals surface area contributed by atoms with Crippen molar-refractivity contribution in [2.75, 3.05) is 13.2 Å². The number of aliphatic hydroxyl groups is 1. The van der Waals surface area contributed by atoms with Crippen LogP contribution in [0, 0.1) is 0 Å². The number of hydrogen-bond donors (Lipinski definition) is 1. The van der Waals surface area contributed by atoms with Crippen molar-refractivity contribution in [3.8, 4) is 0 Å². The van der Waals surface area contributed by atoms with E-state index in [1.165, 1.54) is 0 Å². The molecular formula is C16H16O3. The number of carbonyl (C=O) groups excluding carboxylic acids is 1. The van der Waals surface area contributed by atoms with Crippen LogP contribution in [0.25, 0.3) is 0 Å². The van der Waals surface area contributed by atoms with Gasteiger partial charge in [-0.3, -0.25) is 0 Å². The minimum Gasteiger partial charge on any atom is -0.461 e. The molecule has 0 aliphatic heterocycles. The van der Waals surface area contributed by atoms with E-state index in [9.17, 15) is 9.90 Å². The molecule has 3 nitrogen and oxygen atoms in total. The van der Waals surface area contributed by atoms with Crippen molar-refractivity contribution >= 4 is 5.97 Å². The first-order chi connectivity index (χ1) is 9.31. The molecule has 2 rings (SSSR count). The van der Waals surface area contributed by atoms with Crippen molar-refractivity contribution in [2.24, 2.45) is 0 Å². The van der Waals surface area contributed by atoms with Gasteiger partial charge in [0, 0.05) is 5.92 Å². The van der Waals surface area contributed by atoms with E-state index in [1.54, 1.807) is 24.3 Å². The van der Waals surface area contributed by atoms with E-state index in [1.807, 2.05) is 36.4 Å². The van der Waals surface area contributed by atoms with E-state index < -0.39 is 0 Å². The lowest BCUT2D eigenvalue weighted by atomic mass is 10.0. The summed E-state index contributed by atoms with van der Waals surface area (Å²) in [4.78, 5) is 11.8. The first-order valence-electron chi connectivity index (χ1n) is 6.19. The van der Waals surface area contributed by atoms with Gasteiger partial charge in [0.05, 0.1) is 12.2 Å². The van der Waals surface area contributed by atoms with E-state index in [-0.39, 0.29) is 25.1 Å². The van der Waals surface area contributed by atoms with Gasteiger partial charge in [0.25, 0.3) is 0 Å². The molecule has 0 saturated carbocycles. The van der Waals surface area contributed by atoms with E-state index >= 15 is 0 Å². The fourth-order valence-corrected chi connectivity index (χ4v) is 1.81. The highest BCUT2D eigenvalue weighted by Crippen LogP contribution is 2.15. The summed E-state index contributed by atoms with van der Waals surface area (Å²) in [5, 5.41) is 9.37. The van der Waals surface area contributed by atoms with E-state index in [0.29, 0.717) is 5.56 Å². The summed E-state index contributed by atoms with van der Waals surface area (Å²) in [5.41, 5.74) is 1.48. The molecule has 0 fully saturated rings. The summed E-state index contributed by atoms with van der Waals surface area (Å²) in [6.07, 6.45) is 0. The Morgan fingerprint density at radius 2 is 1.58 bits per heavy atom. The minimum absolute atomic E-state index is 0.0495. The van der Waals surface area contributed by atoms with E-state index in [4.69, 9.17) is 4.74 Å². The molecule has 0 radical (unpaired) electrons. The molecule has 0 unspecified atom stereocenters. The largest absolute Gasteiger partial charge is 0.461 e. The monoisotopic (exact) mass is 256 g/mol.